The van der Waals surface area contributed by atoms with E-state index in [1.165, 1.54) is 0 Å². The number of nitrogens with zero attached hydrogens (tertiary/aromatic N) is 1. The van der Waals surface area contributed by atoms with E-state index in [2.05, 4.69) is 0 Å². The molecule has 0 unspecified atom stereocenters. The van der Waals surface area contributed by atoms with Crippen LogP contribution in [0.1, 0.15) is 0 Å². The van der Waals surface area contributed by atoms with Crippen molar-refractivity contribution in [3.63, 3.8) is 0 Å². The third-order valence-electron chi connectivity index (χ3n) is 1.13. The maximum atomic E-state index is 12.5. The summed E-state index contributed by atoms with van der Waals surface area (Å²) in [6.45, 7) is 0. The molecule has 57 valence electrons. The van der Waals surface area contributed by atoms with E-state index in [4.69, 9.17) is 0 Å². The Morgan fingerprint density at radius 3 is 2.45 bits per heavy atom. The van der Waals surface area contributed by atoms with Gasteiger partial charge in [0.05, 0.1) is 4.92 Å². The molecule has 1 radical (unpaired) electrons. The highest BCUT2D eigenvalue weighted by Crippen LogP contribution is 2.28. The molecule has 0 aromatic heterocycles. The zero-order valence-corrected chi connectivity index (χ0v) is 5.28. The molecule has 0 amide bonds. The van der Waals surface area contributed by atoms with Crippen LogP contribution >= 0.6 is 0 Å². The molecule has 0 fully saturated rings. The lowest BCUT2D eigenvalue weighted by atomic mass is 10.3. The summed E-state index contributed by atoms with van der Waals surface area (Å²) in [7, 11) is 0. The van der Waals surface area contributed by atoms with Crippen molar-refractivity contribution in [2.24, 2.45) is 0 Å². The molecular formula is C6H3FNO3. The molecule has 1 rings (SSSR count). The molecule has 0 saturated heterocycles. The van der Waals surface area contributed by atoms with Crippen LogP contribution in [0.3, 0.4) is 0 Å². The topological polar surface area (TPSA) is 63.0 Å². The van der Waals surface area contributed by atoms with Gasteiger partial charge in [0.15, 0.2) is 0 Å². The van der Waals surface area contributed by atoms with Crippen molar-refractivity contribution < 1.29 is 14.4 Å². The molecule has 0 spiro atoms. The van der Waals surface area contributed by atoms with E-state index < -0.39 is 22.2 Å². The second-order valence-electron chi connectivity index (χ2n) is 1.84. The number of hydrogen-bond acceptors (Lipinski definition) is 2. The van der Waals surface area contributed by atoms with E-state index in [0.717, 1.165) is 18.2 Å². The Hall–Kier alpha value is -1.65. The summed E-state index contributed by atoms with van der Waals surface area (Å²) in [6.07, 6.45) is 0. The molecule has 0 heterocycles. The number of nitro benzene ring substituents is 1. The molecule has 0 aliphatic heterocycles. The van der Waals surface area contributed by atoms with Gasteiger partial charge in [0, 0.05) is 0 Å². The first-order valence-corrected chi connectivity index (χ1v) is 2.73. The second kappa shape index (κ2) is 2.53. The van der Waals surface area contributed by atoms with Crippen LogP contribution in [-0.2, 0) is 5.11 Å². The maximum Gasteiger partial charge on any atom is 0.351 e. The third-order valence-corrected chi connectivity index (χ3v) is 1.13. The van der Waals surface area contributed by atoms with Crippen LogP contribution in [0, 0.1) is 15.9 Å². The summed E-state index contributed by atoms with van der Waals surface area (Å²) in [6, 6.07) is 2.95. The Balaban J connectivity index is 3.32. The minimum absolute atomic E-state index is 0.875. The van der Waals surface area contributed by atoms with Crippen molar-refractivity contribution in [3.05, 3.63) is 34.1 Å². The molecule has 0 saturated carbocycles. The van der Waals surface area contributed by atoms with E-state index in [1.54, 1.807) is 0 Å². The quantitative estimate of drug-likeness (QED) is 0.460. The summed E-state index contributed by atoms with van der Waals surface area (Å²) in [4.78, 5) is 8.98. The number of halogens is 1. The lowest BCUT2D eigenvalue weighted by Gasteiger charge is -1.92. The number of rotatable bonds is 1. The Bertz CT molecular complexity index is 280. The highest BCUT2D eigenvalue weighted by atomic mass is 19.1. The molecule has 11 heavy (non-hydrogen) atoms. The molecular weight excluding hydrogens is 153 g/mol. The fourth-order valence-corrected chi connectivity index (χ4v) is 0.673. The normalized spacial score (nSPS) is 9.55. The van der Waals surface area contributed by atoms with E-state index in [-0.39, 0.29) is 0 Å². The molecule has 0 N–H and O–H groups in total. The fraction of sp³-hybridized carbons (Fsp3) is 0. The Morgan fingerprint density at radius 2 is 2.09 bits per heavy atom. The Kier molecular flexibility index (Phi) is 1.72. The standard InChI is InChI=1S/C6H3FNO3/c7-4-2-1-3-5(9)6(4)8(10)11/h1-3H. The molecule has 5 heteroatoms. The van der Waals surface area contributed by atoms with Crippen molar-refractivity contribution in [3.8, 4) is 5.75 Å². The monoisotopic (exact) mass is 156 g/mol. The highest BCUT2D eigenvalue weighted by Gasteiger charge is 2.20. The van der Waals surface area contributed by atoms with Crippen molar-refractivity contribution in [2.45, 2.75) is 0 Å². The average Bonchev–Trinajstić information content (AvgIpc) is 1.85. The molecule has 0 aliphatic carbocycles. The van der Waals surface area contributed by atoms with Gasteiger partial charge in [-0.3, -0.25) is 15.2 Å². The van der Waals surface area contributed by atoms with Crippen LogP contribution in [0.25, 0.3) is 0 Å². The molecule has 0 bridgehead atoms. The summed E-state index contributed by atoms with van der Waals surface area (Å²) < 4.78 is 12.5. The lowest BCUT2D eigenvalue weighted by molar-refractivity contribution is -0.389. The smallest absolute Gasteiger partial charge is 0.282 e. The summed E-state index contributed by atoms with van der Waals surface area (Å²) in [5, 5.41) is 20.6. The maximum absolute atomic E-state index is 12.5. The van der Waals surface area contributed by atoms with Crippen LogP contribution < -0.4 is 0 Å². The van der Waals surface area contributed by atoms with Gasteiger partial charge in [-0.05, 0) is 12.1 Å². The van der Waals surface area contributed by atoms with Gasteiger partial charge in [-0.25, -0.2) is 0 Å². The second-order valence-corrected chi connectivity index (χ2v) is 1.84. The first-order chi connectivity index (χ1) is 5.13. The molecule has 4 nitrogen and oxygen atoms in total. The minimum Gasteiger partial charge on any atom is -0.282 e. The van der Waals surface area contributed by atoms with Crippen molar-refractivity contribution in [2.75, 3.05) is 0 Å². The van der Waals surface area contributed by atoms with Gasteiger partial charge in [0.1, 0.15) is 0 Å². The fourth-order valence-electron chi connectivity index (χ4n) is 0.673. The van der Waals surface area contributed by atoms with E-state index in [9.17, 15) is 19.6 Å². The summed E-state index contributed by atoms with van der Waals surface area (Å²) in [5.41, 5.74) is -0.993. The van der Waals surface area contributed by atoms with Crippen LogP contribution in [0.15, 0.2) is 18.2 Å². The zero-order chi connectivity index (χ0) is 8.43. The number of para-hydroxylation sites is 1. The molecule has 1 aromatic carbocycles. The zero-order valence-electron chi connectivity index (χ0n) is 5.28. The molecule has 0 aliphatic rings. The van der Waals surface area contributed by atoms with Gasteiger partial charge in [0.25, 0.3) is 5.75 Å². The first kappa shape index (κ1) is 7.46. The Morgan fingerprint density at radius 1 is 1.45 bits per heavy atom. The van der Waals surface area contributed by atoms with Gasteiger partial charge in [0.2, 0.25) is 5.82 Å². The van der Waals surface area contributed by atoms with Gasteiger partial charge in [-0.15, -0.1) is 0 Å². The largest absolute Gasteiger partial charge is 0.351 e. The summed E-state index contributed by atoms with van der Waals surface area (Å²) in [5.74, 6) is -2.00. The number of nitro groups is 1. The minimum atomic E-state index is -1.09. The highest BCUT2D eigenvalue weighted by molar-refractivity contribution is 5.45. The van der Waals surface area contributed by atoms with Gasteiger partial charge in [-0.1, -0.05) is 6.07 Å². The van der Waals surface area contributed by atoms with Crippen molar-refractivity contribution in [1.29, 1.82) is 0 Å². The lowest BCUT2D eigenvalue weighted by Crippen LogP contribution is -1.91. The average molecular weight is 156 g/mol. The van der Waals surface area contributed by atoms with E-state index in [0.29, 0.717) is 0 Å². The van der Waals surface area contributed by atoms with Gasteiger partial charge >= 0.3 is 5.69 Å². The Labute approximate surface area is 61.0 Å². The van der Waals surface area contributed by atoms with Crippen LogP contribution in [0.4, 0.5) is 10.1 Å². The van der Waals surface area contributed by atoms with Crippen molar-refractivity contribution >= 4 is 5.69 Å². The van der Waals surface area contributed by atoms with Crippen LogP contribution in [0.2, 0.25) is 0 Å². The number of hydrogen-bond donors (Lipinski definition) is 0. The van der Waals surface area contributed by atoms with E-state index >= 15 is 0 Å². The van der Waals surface area contributed by atoms with Gasteiger partial charge < -0.3 is 0 Å². The third kappa shape index (κ3) is 1.26. The summed E-state index contributed by atoms with van der Waals surface area (Å²) >= 11 is 0. The first-order valence-electron chi connectivity index (χ1n) is 2.73. The predicted octanol–water partition coefficient (Wildman–Crippen LogP) is 1.88. The predicted molar refractivity (Wildman–Crippen MR) is 33.2 cm³/mol. The van der Waals surface area contributed by atoms with E-state index in [1.807, 2.05) is 0 Å². The number of benzene rings is 1. The van der Waals surface area contributed by atoms with Gasteiger partial charge in [-0.2, -0.15) is 4.39 Å². The molecule has 0 atom stereocenters. The SMILES string of the molecule is [O]c1cccc(F)c1[N+](=O)[O-]. The van der Waals surface area contributed by atoms with Crippen LogP contribution in [0.5, 0.6) is 5.75 Å². The van der Waals surface area contributed by atoms with Crippen LogP contribution in [-0.4, -0.2) is 4.92 Å². The van der Waals surface area contributed by atoms with Crippen molar-refractivity contribution in [1.82, 2.24) is 0 Å². The molecule has 1 aromatic rings.